The predicted octanol–water partition coefficient (Wildman–Crippen LogP) is 3.73. The van der Waals surface area contributed by atoms with Crippen molar-refractivity contribution in [3.8, 4) is 0 Å². The normalized spacial score (nSPS) is 11.3. The average Bonchev–Trinajstić information content (AvgIpc) is 3.03. The molecule has 0 amide bonds. The first-order valence-corrected chi connectivity index (χ1v) is 7.30. The van der Waals surface area contributed by atoms with E-state index in [4.69, 9.17) is 0 Å². The maximum Gasteiger partial charge on any atom is 0.195 e. The fraction of sp³-hybridized carbons (Fsp3) is 0.333. The summed E-state index contributed by atoms with van der Waals surface area (Å²) in [6.07, 6.45) is 6.26. The molecule has 2 rings (SSSR count). The quantitative estimate of drug-likeness (QED) is 0.615. The van der Waals surface area contributed by atoms with Gasteiger partial charge in [-0.3, -0.25) is 9.48 Å². The van der Waals surface area contributed by atoms with E-state index in [-0.39, 0.29) is 5.78 Å². The first-order chi connectivity index (χ1) is 9.15. The van der Waals surface area contributed by atoms with Gasteiger partial charge in [0.25, 0.3) is 0 Å². The molecular formula is C15H18N2OS. The Bertz CT molecular complexity index is 607. The molecule has 0 N–H and O–H groups in total. The molecule has 0 aliphatic rings. The number of carbonyl (C=O) groups excluding carboxylic acids is 1. The summed E-state index contributed by atoms with van der Waals surface area (Å²) in [5.41, 5.74) is 2.09. The number of thiophene rings is 1. The number of hydrogen-bond donors (Lipinski definition) is 0. The van der Waals surface area contributed by atoms with Crippen LogP contribution in [-0.4, -0.2) is 15.6 Å². The number of allylic oxidation sites excluding steroid dienone is 1. The molecule has 0 bridgehead atoms. The van der Waals surface area contributed by atoms with Gasteiger partial charge in [-0.25, -0.2) is 0 Å². The van der Waals surface area contributed by atoms with E-state index in [9.17, 15) is 4.79 Å². The van der Waals surface area contributed by atoms with Gasteiger partial charge < -0.3 is 0 Å². The second-order valence-corrected chi connectivity index (χ2v) is 5.49. The Hall–Kier alpha value is -1.68. The van der Waals surface area contributed by atoms with E-state index >= 15 is 0 Å². The molecule has 2 heterocycles. The van der Waals surface area contributed by atoms with Gasteiger partial charge >= 0.3 is 0 Å². The molecule has 4 heteroatoms. The minimum Gasteiger partial charge on any atom is -0.288 e. The molecule has 0 spiro atoms. The van der Waals surface area contributed by atoms with Crippen LogP contribution in [0.3, 0.4) is 0 Å². The summed E-state index contributed by atoms with van der Waals surface area (Å²) in [6, 6.07) is 3.92. The lowest BCUT2D eigenvalue weighted by atomic mass is 10.2. The van der Waals surface area contributed by atoms with Crippen LogP contribution in [0.4, 0.5) is 0 Å². The first kappa shape index (κ1) is 13.7. The van der Waals surface area contributed by atoms with Gasteiger partial charge in [-0.05, 0) is 44.6 Å². The number of aromatic nitrogens is 2. The Morgan fingerprint density at radius 2 is 2.21 bits per heavy atom. The van der Waals surface area contributed by atoms with Gasteiger partial charge in [0.15, 0.2) is 5.78 Å². The maximum atomic E-state index is 12.0. The van der Waals surface area contributed by atoms with Gasteiger partial charge in [0.2, 0.25) is 0 Å². The van der Waals surface area contributed by atoms with E-state index in [2.05, 4.69) is 18.9 Å². The van der Waals surface area contributed by atoms with Crippen molar-refractivity contribution in [1.29, 1.82) is 0 Å². The second-order valence-electron chi connectivity index (χ2n) is 4.32. The number of hydrogen-bond acceptors (Lipinski definition) is 3. The summed E-state index contributed by atoms with van der Waals surface area (Å²) in [7, 11) is 0. The smallest absolute Gasteiger partial charge is 0.195 e. The molecule has 0 aromatic carbocycles. The summed E-state index contributed by atoms with van der Waals surface area (Å²) >= 11 is 1.57. The van der Waals surface area contributed by atoms with Crippen molar-refractivity contribution in [3.63, 3.8) is 0 Å². The van der Waals surface area contributed by atoms with E-state index in [1.165, 1.54) is 4.88 Å². The van der Waals surface area contributed by atoms with Crippen LogP contribution in [0.15, 0.2) is 24.4 Å². The highest BCUT2D eigenvalue weighted by Crippen LogP contribution is 2.18. The SMILES string of the molecule is CCc1ccc(C(=O)/C=C/c2cnn(CC)c2C)s1. The molecule has 0 atom stereocenters. The van der Waals surface area contributed by atoms with Gasteiger partial charge in [0, 0.05) is 22.7 Å². The third kappa shape index (κ3) is 3.01. The van der Waals surface area contributed by atoms with Crippen molar-refractivity contribution >= 4 is 23.2 Å². The Labute approximate surface area is 117 Å². The van der Waals surface area contributed by atoms with E-state index in [0.717, 1.165) is 29.1 Å². The fourth-order valence-electron chi connectivity index (χ4n) is 1.89. The van der Waals surface area contributed by atoms with Gasteiger partial charge in [-0.15, -0.1) is 11.3 Å². The third-order valence-corrected chi connectivity index (χ3v) is 4.35. The number of ketones is 1. The molecule has 0 fully saturated rings. The lowest BCUT2D eigenvalue weighted by molar-refractivity contribution is 0.105. The molecule has 0 unspecified atom stereocenters. The number of rotatable bonds is 5. The predicted molar refractivity (Wildman–Crippen MR) is 79.7 cm³/mol. The van der Waals surface area contributed by atoms with Crippen molar-refractivity contribution < 1.29 is 4.79 Å². The molecule has 0 saturated carbocycles. The topological polar surface area (TPSA) is 34.9 Å². The summed E-state index contributed by atoms with van der Waals surface area (Å²) in [5.74, 6) is 0.0633. The van der Waals surface area contributed by atoms with Crippen LogP contribution >= 0.6 is 11.3 Å². The Morgan fingerprint density at radius 1 is 1.42 bits per heavy atom. The largest absolute Gasteiger partial charge is 0.288 e. The Morgan fingerprint density at radius 3 is 2.79 bits per heavy atom. The van der Waals surface area contributed by atoms with E-state index in [1.54, 1.807) is 23.6 Å². The van der Waals surface area contributed by atoms with Crippen molar-refractivity contribution in [2.45, 2.75) is 33.7 Å². The molecule has 0 aliphatic carbocycles. The van der Waals surface area contributed by atoms with Crippen LogP contribution in [0.25, 0.3) is 6.08 Å². The van der Waals surface area contributed by atoms with Crippen molar-refractivity contribution in [2.75, 3.05) is 0 Å². The van der Waals surface area contributed by atoms with Crippen molar-refractivity contribution in [3.05, 3.63) is 45.4 Å². The van der Waals surface area contributed by atoms with Crippen LogP contribution in [0.5, 0.6) is 0 Å². The van der Waals surface area contributed by atoms with Crippen LogP contribution < -0.4 is 0 Å². The highest BCUT2D eigenvalue weighted by molar-refractivity contribution is 7.14. The molecule has 0 radical (unpaired) electrons. The standard InChI is InChI=1S/C15H18N2OS/c1-4-13-7-9-15(19-13)14(18)8-6-12-10-16-17(5-2)11(12)3/h6-10H,4-5H2,1-3H3/b8-6+. The van der Waals surface area contributed by atoms with Gasteiger partial charge in [-0.1, -0.05) is 6.92 Å². The second kappa shape index (κ2) is 5.97. The molecule has 0 saturated heterocycles. The van der Waals surface area contributed by atoms with Gasteiger partial charge in [0.05, 0.1) is 11.1 Å². The van der Waals surface area contributed by atoms with Crippen molar-refractivity contribution in [1.82, 2.24) is 9.78 Å². The summed E-state index contributed by atoms with van der Waals surface area (Å²) in [6.45, 7) is 7.01. The van der Waals surface area contributed by atoms with Gasteiger partial charge in [-0.2, -0.15) is 5.10 Å². The lowest BCUT2D eigenvalue weighted by Crippen LogP contribution is -1.98. The molecule has 2 aromatic heterocycles. The third-order valence-electron chi connectivity index (χ3n) is 3.11. The van der Waals surface area contributed by atoms with Crippen LogP contribution in [0.2, 0.25) is 0 Å². The molecule has 19 heavy (non-hydrogen) atoms. The van der Waals surface area contributed by atoms with E-state index < -0.39 is 0 Å². The van der Waals surface area contributed by atoms with E-state index in [1.807, 2.05) is 29.8 Å². The zero-order valence-corrected chi connectivity index (χ0v) is 12.3. The summed E-state index contributed by atoms with van der Waals surface area (Å²) < 4.78 is 1.92. The summed E-state index contributed by atoms with van der Waals surface area (Å²) in [4.78, 5) is 14.1. The van der Waals surface area contributed by atoms with Crippen LogP contribution in [0, 0.1) is 6.92 Å². The summed E-state index contributed by atoms with van der Waals surface area (Å²) in [5, 5.41) is 4.26. The molecular weight excluding hydrogens is 256 g/mol. The Kier molecular flexibility index (Phi) is 4.32. The minimum atomic E-state index is 0.0633. The first-order valence-electron chi connectivity index (χ1n) is 6.49. The average molecular weight is 274 g/mol. The van der Waals surface area contributed by atoms with Crippen LogP contribution in [0.1, 0.15) is 39.7 Å². The minimum absolute atomic E-state index is 0.0633. The lowest BCUT2D eigenvalue weighted by Gasteiger charge is -1.98. The highest BCUT2D eigenvalue weighted by atomic mass is 32.1. The van der Waals surface area contributed by atoms with E-state index in [0.29, 0.717) is 0 Å². The monoisotopic (exact) mass is 274 g/mol. The number of nitrogens with zero attached hydrogens (tertiary/aromatic N) is 2. The number of aryl methyl sites for hydroxylation is 2. The maximum absolute atomic E-state index is 12.0. The number of carbonyl (C=O) groups is 1. The zero-order chi connectivity index (χ0) is 13.8. The molecule has 2 aromatic rings. The highest BCUT2D eigenvalue weighted by Gasteiger charge is 2.06. The van der Waals surface area contributed by atoms with Gasteiger partial charge in [0.1, 0.15) is 0 Å². The Balaban J connectivity index is 2.13. The molecule has 3 nitrogen and oxygen atoms in total. The fourth-order valence-corrected chi connectivity index (χ4v) is 2.76. The molecule has 100 valence electrons. The zero-order valence-electron chi connectivity index (χ0n) is 11.5. The van der Waals surface area contributed by atoms with Crippen LogP contribution in [-0.2, 0) is 13.0 Å². The molecule has 0 aliphatic heterocycles. The van der Waals surface area contributed by atoms with Crippen molar-refractivity contribution in [2.24, 2.45) is 0 Å².